The molecule has 0 aromatic carbocycles. The highest BCUT2D eigenvalue weighted by Gasteiger charge is 2.27. The van der Waals surface area contributed by atoms with Gasteiger partial charge in [-0.15, -0.1) is 0 Å². The smallest absolute Gasteiger partial charge is 0.462 e. The second kappa shape index (κ2) is 32.7. The number of aliphatic hydroxyl groups excluding tert-OH is 2. The molecule has 0 aliphatic rings. The quantitative estimate of drug-likeness (QED) is 0.0265. The Kier molecular flexibility index (Phi) is 31.5. The number of carbonyl (C=O) groups excluding carboxylic acids is 2. The first-order valence-corrected chi connectivity index (χ1v) is 19.4. The molecule has 3 N–H and O–H groups in total. The van der Waals surface area contributed by atoms with Crippen LogP contribution in [-0.2, 0) is 32.7 Å². The Bertz CT molecular complexity index is 889. The summed E-state index contributed by atoms with van der Waals surface area (Å²) in [5.41, 5.74) is 0. The number of aliphatic hydroxyl groups is 2. The van der Waals surface area contributed by atoms with Crippen LogP contribution in [0.5, 0.6) is 0 Å². The molecule has 0 saturated heterocycles. The Morgan fingerprint density at radius 3 is 1.70 bits per heavy atom. The second-order valence-electron chi connectivity index (χ2n) is 11.9. The van der Waals surface area contributed by atoms with Gasteiger partial charge in [0, 0.05) is 12.8 Å². The highest BCUT2D eigenvalue weighted by molar-refractivity contribution is 7.47. The molecule has 1 unspecified atom stereocenters. The van der Waals surface area contributed by atoms with Crippen LogP contribution in [0.1, 0.15) is 142 Å². The third-order valence-electron chi connectivity index (χ3n) is 7.30. The van der Waals surface area contributed by atoms with Crippen molar-refractivity contribution in [3.63, 3.8) is 0 Å². The van der Waals surface area contributed by atoms with Gasteiger partial charge >= 0.3 is 19.8 Å². The zero-order valence-electron chi connectivity index (χ0n) is 29.2. The predicted octanol–water partition coefficient (Wildman–Crippen LogP) is 8.44. The van der Waals surface area contributed by atoms with E-state index in [0.717, 1.165) is 51.4 Å². The first kappa shape index (κ1) is 45.2. The van der Waals surface area contributed by atoms with E-state index in [1.54, 1.807) is 0 Å². The lowest BCUT2D eigenvalue weighted by Gasteiger charge is -2.20. The third-order valence-corrected chi connectivity index (χ3v) is 8.25. The number of hydrogen-bond acceptors (Lipinski definition) is 9. The van der Waals surface area contributed by atoms with Gasteiger partial charge in [0.15, 0.2) is 6.10 Å². The Balaban J connectivity index is 4.48. The van der Waals surface area contributed by atoms with Gasteiger partial charge in [-0.1, -0.05) is 115 Å². The topological polar surface area (TPSA) is 149 Å². The van der Waals surface area contributed by atoms with Crippen LogP contribution in [0, 0.1) is 0 Å². The summed E-state index contributed by atoms with van der Waals surface area (Å²) in [6.07, 6.45) is 29.9. The van der Waals surface area contributed by atoms with Gasteiger partial charge < -0.3 is 24.6 Å². The maximum absolute atomic E-state index is 12.5. The lowest BCUT2D eigenvalue weighted by molar-refractivity contribution is -0.161. The molecule has 0 aromatic heterocycles. The Labute approximate surface area is 284 Å². The number of ether oxygens (including phenoxy) is 2. The maximum atomic E-state index is 12.5. The number of allylic oxidation sites excluding steroid dienone is 6. The van der Waals surface area contributed by atoms with Gasteiger partial charge in [0.25, 0.3) is 0 Å². The van der Waals surface area contributed by atoms with Crippen LogP contribution in [0.4, 0.5) is 0 Å². The van der Waals surface area contributed by atoms with Gasteiger partial charge in [-0.25, -0.2) is 4.57 Å². The molecule has 0 radical (unpaired) electrons. The van der Waals surface area contributed by atoms with Crippen molar-refractivity contribution >= 4 is 19.8 Å². The molecule has 0 bridgehead atoms. The zero-order valence-corrected chi connectivity index (χ0v) is 30.1. The highest BCUT2D eigenvalue weighted by atomic mass is 31.2. The molecule has 0 aliphatic heterocycles. The van der Waals surface area contributed by atoms with Crippen LogP contribution >= 0.6 is 7.82 Å². The number of hydrogen-bond donors (Lipinski definition) is 3. The number of rotatable bonds is 33. The molecule has 0 rings (SSSR count). The summed E-state index contributed by atoms with van der Waals surface area (Å²) in [6.45, 7) is 2.25. The summed E-state index contributed by atoms with van der Waals surface area (Å²) in [6, 6.07) is 0. The molecular formula is C36H65O10P. The van der Waals surface area contributed by atoms with Crippen molar-refractivity contribution in [2.75, 3.05) is 26.4 Å². The van der Waals surface area contributed by atoms with Gasteiger partial charge in [0.05, 0.1) is 19.8 Å². The van der Waals surface area contributed by atoms with Crippen molar-refractivity contribution < 1.29 is 47.8 Å². The molecule has 3 atom stereocenters. The minimum atomic E-state index is -4.61. The summed E-state index contributed by atoms with van der Waals surface area (Å²) in [5.74, 6) is -0.975. The third kappa shape index (κ3) is 32.5. The number of esters is 2. The van der Waals surface area contributed by atoms with E-state index in [2.05, 4.69) is 54.8 Å². The van der Waals surface area contributed by atoms with E-state index in [4.69, 9.17) is 19.1 Å². The molecule has 0 saturated carbocycles. The number of unbranched alkanes of at least 4 members (excludes halogenated alkanes) is 13. The minimum Gasteiger partial charge on any atom is -0.462 e. The standard InChI is InChI=1S/C36H65O10P/c1-3-5-7-9-11-13-14-15-16-17-18-20-22-24-26-28-36(40)46-34(32-45-47(41,42)44-30-33(38)29-37)31-43-35(39)27-25-23-21-19-12-10-8-6-4-2/h11,13,15-16,18,20,33-34,37-38H,3-10,12,14,17,19,21-32H2,1-2H3,(H,41,42)/b13-11+,16-15+,20-18+/t33-,34+/m0/s1. The molecule has 11 heteroatoms. The van der Waals surface area contributed by atoms with Crippen molar-refractivity contribution in [2.45, 2.75) is 154 Å². The fourth-order valence-corrected chi connectivity index (χ4v) is 5.26. The molecule has 0 aromatic rings. The summed E-state index contributed by atoms with van der Waals surface area (Å²) in [5, 5.41) is 18.2. The predicted molar refractivity (Wildman–Crippen MR) is 187 cm³/mol. The molecule has 0 amide bonds. The monoisotopic (exact) mass is 688 g/mol. The molecule has 10 nitrogen and oxygen atoms in total. The van der Waals surface area contributed by atoms with E-state index in [9.17, 15) is 24.2 Å². The lowest BCUT2D eigenvalue weighted by atomic mass is 10.1. The number of phosphoric acid groups is 1. The largest absolute Gasteiger partial charge is 0.472 e. The van der Waals surface area contributed by atoms with E-state index in [1.807, 2.05) is 0 Å². The molecular weight excluding hydrogens is 623 g/mol. The first-order valence-electron chi connectivity index (χ1n) is 17.9. The average Bonchev–Trinajstić information content (AvgIpc) is 3.05. The summed E-state index contributed by atoms with van der Waals surface area (Å²) < 4.78 is 32.4. The highest BCUT2D eigenvalue weighted by Crippen LogP contribution is 2.43. The van der Waals surface area contributed by atoms with Crippen molar-refractivity contribution in [1.82, 2.24) is 0 Å². The van der Waals surface area contributed by atoms with Crippen LogP contribution in [0.2, 0.25) is 0 Å². The number of phosphoric ester groups is 1. The Morgan fingerprint density at radius 2 is 1.11 bits per heavy atom. The van der Waals surface area contributed by atoms with E-state index in [-0.39, 0.29) is 19.4 Å². The van der Waals surface area contributed by atoms with Crippen LogP contribution < -0.4 is 0 Å². The van der Waals surface area contributed by atoms with Gasteiger partial charge in [-0.3, -0.25) is 18.6 Å². The minimum absolute atomic E-state index is 0.136. The maximum Gasteiger partial charge on any atom is 0.472 e. The Morgan fingerprint density at radius 1 is 0.638 bits per heavy atom. The van der Waals surface area contributed by atoms with E-state index >= 15 is 0 Å². The molecule has 0 fully saturated rings. The van der Waals surface area contributed by atoms with Gasteiger partial charge in [-0.05, 0) is 51.4 Å². The SMILES string of the molecule is CCCCC/C=C/C/C=C/C/C=C/CCCCC(=O)O[C@H](COC(=O)CCCCCCCCCCC)COP(=O)(O)OC[C@@H](O)CO. The molecule has 0 aliphatic carbocycles. The molecule has 47 heavy (non-hydrogen) atoms. The van der Waals surface area contributed by atoms with Crippen LogP contribution in [0.25, 0.3) is 0 Å². The van der Waals surface area contributed by atoms with E-state index < -0.39 is 51.8 Å². The van der Waals surface area contributed by atoms with Crippen molar-refractivity contribution in [3.8, 4) is 0 Å². The normalized spacial score (nSPS) is 14.6. The van der Waals surface area contributed by atoms with Crippen LogP contribution in [-0.4, -0.2) is 65.7 Å². The fraction of sp³-hybridized carbons (Fsp3) is 0.778. The van der Waals surface area contributed by atoms with Gasteiger partial charge in [0.2, 0.25) is 0 Å². The second-order valence-corrected chi connectivity index (χ2v) is 13.4. The van der Waals surface area contributed by atoms with E-state index in [1.165, 1.54) is 51.4 Å². The summed E-state index contributed by atoms with van der Waals surface area (Å²) in [4.78, 5) is 34.7. The molecule has 0 spiro atoms. The molecule has 274 valence electrons. The molecule has 0 heterocycles. The van der Waals surface area contributed by atoms with Crippen molar-refractivity contribution in [1.29, 1.82) is 0 Å². The van der Waals surface area contributed by atoms with Crippen LogP contribution in [0.15, 0.2) is 36.5 Å². The van der Waals surface area contributed by atoms with Crippen LogP contribution in [0.3, 0.4) is 0 Å². The van der Waals surface area contributed by atoms with Gasteiger partial charge in [0.1, 0.15) is 12.7 Å². The van der Waals surface area contributed by atoms with Crippen molar-refractivity contribution in [3.05, 3.63) is 36.5 Å². The lowest BCUT2D eigenvalue weighted by Crippen LogP contribution is -2.29. The van der Waals surface area contributed by atoms with E-state index in [0.29, 0.717) is 12.8 Å². The summed E-state index contributed by atoms with van der Waals surface area (Å²) >= 11 is 0. The zero-order chi connectivity index (χ0) is 34.9. The fourth-order valence-electron chi connectivity index (χ4n) is 4.47. The van der Waals surface area contributed by atoms with Gasteiger partial charge in [-0.2, -0.15) is 0 Å². The first-order chi connectivity index (χ1) is 22.7. The average molecular weight is 689 g/mol. The summed E-state index contributed by atoms with van der Waals surface area (Å²) in [7, 11) is -4.61. The van der Waals surface area contributed by atoms with Crippen molar-refractivity contribution in [2.24, 2.45) is 0 Å². The Hall–Kier alpha value is -1.81. The number of carbonyl (C=O) groups is 2.